The maximum absolute atomic E-state index is 9.35. The second-order valence-corrected chi connectivity index (χ2v) is 3.22. The molecule has 0 atom stereocenters. The summed E-state index contributed by atoms with van der Waals surface area (Å²) in [4.78, 5) is 0. The number of rotatable bonds is 2. The molecule has 74 valence electrons. The van der Waals surface area contributed by atoms with Crippen molar-refractivity contribution in [1.82, 2.24) is 5.32 Å². The lowest BCUT2D eigenvalue weighted by molar-refractivity contribution is 0.466. The molecule has 13 heavy (non-hydrogen) atoms. The Labute approximate surface area is 88.1 Å². The van der Waals surface area contributed by atoms with Gasteiger partial charge in [-0.3, -0.25) is 0 Å². The minimum Gasteiger partial charge on any atom is -0.508 e. The third-order valence-corrected chi connectivity index (χ3v) is 1.91. The van der Waals surface area contributed by atoms with Crippen LogP contribution in [0.5, 0.6) is 5.75 Å². The maximum Gasteiger partial charge on any atom is 0.121 e. The van der Waals surface area contributed by atoms with Crippen molar-refractivity contribution in [3.8, 4) is 5.75 Å². The van der Waals surface area contributed by atoms with E-state index in [0.29, 0.717) is 12.3 Å². The topological polar surface area (TPSA) is 32.3 Å². The van der Waals surface area contributed by atoms with Crippen LogP contribution in [0.4, 0.5) is 0 Å². The molecule has 0 heterocycles. The lowest BCUT2D eigenvalue weighted by Crippen LogP contribution is -2.04. The highest BCUT2D eigenvalue weighted by atomic mass is 79.9. The van der Waals surface area contributed by atoms with Crippen LogP contribution in [0, 0.1) is 0 Å². The summed E-state index contributed by atoms with van der Waals surface area (Å²) in [6.45, 7) is 4.69. The third kappa shape index (κ3) is 4.29. The second-order valence-electron chi connectivity index (χ2n) is 2.30. The molecule has 1 aromatic carbocycles. The first-order valence-electron chi connectivity index (χ1n) is 4.36. The van der Waals surface area contributed by atoms with Crippen molar-refractivity contribution < 1.29 is 5.11 Å². The first-order valence-corrected chi connectivity index (χ1v) is 5.15. The summed E-state index contributed by atoms with van der Waals surface area (Å²) in [5.41, 5.74) is 0.913. The molecule has 0 radical (unpaired) electrons. The van der Waals surface area contributed by atoms with Gasteiger partial charge in [0, 0.05) is 16.6 Å². The number of halogens is 1. The Bertz CT molecular complexity index is 251. The number of phenols is 1. The molecule has 0 aliphatic heterocycles. The number of phenolic OH excluding ortho intramolecular Hbond substituents is 1. The summed E-state index contributed by atoms with van der Waals surface area (Å²) < 4.78 is 0.898. The fourth-order valence-corrected chi connectivity index (χ4v) is 1.23. The molecule has 0 spiro atoms. The van der Waals surface area contributed by atoms with Gasteiger partial charge in [-0.2, -0.15) is 0 Å². The SMILES string of the molecule is CC.CNCc1ccc(Br)cc1O. The van der Waals surface area contributed by atoms with E-state index in [0.717, 1.165) is 10.0 Å². The van der Waals surface area contributed by atoms with Crippen LogP contribution in [0.1, 0.15) is 19.4 Å². The van der Waals surface area contributed by atoms with Gasteiger partial charge in [0.05, 0.1) is 0 Å². The van der Waals surface area contributed by atoms with E-state index in [1.807, 2.05) is 33.0 Å². The van der Waals surface area contributed by atoms with E-state index >= 15 is 0 Å². The molecule has 0 aromatic heterocycles. The van der Waals surface area contributed by atoms with Gasteiger partial charge in [-0.15, -0.1) is 0 Å². The summed E-state index contributed by atoms with van der Waals surface area (Å²) in [5, 5.41) is 12.3. The van der Waals surface area contributed by atoms with Crippen LogP contribution in [0.25, 0.3) is 0 Å². The predicted molar refractivity (Wildman–Crippen MR) is 59.9 cm³/mol. The smallest absolute Gasteiger partial charge is 0.121 e. The Morgan fingerprint density at radius 2 is 2.00 bits per heavy atom. The number of benzene rings is 1. The first-order chi connectivity index (χ1) is 6.24. The fraction of sp³-hybridized carbons (Fsp3) is 0.400. The van der Waals surface area contributed by atoms with E-state index in [9.17, 15) is 5.11 Å². The Morgan fingerprint density at radius 1 is 1.38 bits per heavy atom. The summed E-state index contributed by atoms with van der Waals surface area (Å²) >= 11 is 3.27. The van der Waals surface area contributed by atoms with Crippen molar-refractivity contribution in [2.24, 2.45) is 0 Å². The van der Waals surface area contributed by atoms with Gasteiger partial charge < -0.3 is 10.4 Å². The predicted octanol–water partition coefficient (Wildman–Crippen LogP) is 2.90. The van der Waals surface area contributed by atoms with Crippen molar-refractivity contribution >= 4 is 15.9 Å². The highest BCUT2D eigenvalue weighted by Gasteiger charge is 1.98. The van der Waals surface area contributed by atoms with Gasteiger partial charge in [0.2, 0.25) is 0 Å². The van der Waals surface area contributed by atoms with E-state index in [1.54, 1.807) is 6.07 Å². The number of hydrogen-bond acceptors (Lipinski definition) is 2. The van der Waals surface area contributed by atoms with Crippen LogP contribution in [-0.2, 0) is 6.54 Å². The van der Waals surface area contributed by atoms with Crippen molar-refractivity contribution in [2.45, 2.75) is 20.4 Å². The molecule has 0 aliphatic rings. The molecule has 3 heteroatoms. The molecule has 0 unspecified atom stereocenters. The van der Waals surface area contributed by atoms with E-state index in [4.69, 9.17) is 0 Å². The van der Waals surface area contributed by atoms with Crippen molar-refractivity contribution in [1.29, 1.82) is 0 Å². The van der Waals surface area contributed by atoms with Crippen molar-refractivity contribution in [2.75, 3.05) is 7.05 Å². The normalized spacial score (nSPS) is 8.92. The van der Waals surface area contributed by atoms with Crippen LogP contribution in [0.15, 0.2) is 22.7 Å². The van der Waals surface area contributed by atoms with Crippen LogP contribution in [0.3, 0.4) is 0 Å². The van der Waals surface area contributed by atoms with Crippen molar-refractivity contribution in [3.05, 3.63) is 28.2 Å². The quantitative estimate of drug-likeness (QED) is 0.840. The molecule has 0 fully saturated rings. The molecule has 0 aliphatic carbocycles. The molecule has 1 aromatic rings. The zero-order valence-corrected chi connectivity index (χ0v) is 9.85. The Kier molecular flexibility index (Phi) is 6.63. The summed E-state index contributed by atoms with van der Waals surface area (Å²) in [7, 11) is 1.85. The molecule has 0 bridgehead atoms. The molecular weight excluding hydrogens is 230 g/mol. The Hall–Kier alpha value is -0.540. The molecule has 2 nitrogen and oxygen atoms in total. The summed E-state index contributed by atoms with van der Waals surface area (Å²) in [5.74, 6) is 0.328. The van der Waals surface area contributed by atoms with Crippen LogP contribution in [0.2, 0.25) is 0 Å². The van der Waals surface area contributed by atoms with E-state index in [-0.39, 0.29) is 0 Å². The van der Waals surface area contributed by atoms with Crippen molar-refractivity contribution in [3.63, 3.8) is 0 Å². The number of nitrogens with one attached hydrogen (secondary N) is 1. The maximum atomic E-state index is 9.35. The Morgan fingerprint density at radius 3 is 2.46 bits per heavy atom. The highest BCUT2D eigenvalue weighted by Crippen LogP contribution is 2.21. The van der Waals surface area contributed by atoms with E-state index in [1.165, 1.54) is 0 Å². The van der Waals surface area contributed by atoms with Crippen LogP contribution >= 0.6 is 15.9 Å². The van der Waals surface area contributed by atoms with E-state index in [2.05, 4.69) is 21.2 Å². The Balaban J connectivity index is 0.000000671. The lowest BCUT2D eigenvalue weighted by atomic mass is 10.2. The standard InChI is InChI=1S/C8H10BrNO.C2H6/c1-10-5-6-2-3-7(9)4-8(6)11;1-2/h2-4,10-11H,5H2,1H3;1-2H3. The van der Waals surface area contributed by atoms with Crippen LogP contribution < -0.4 is 5.32 Å². The second kappa shape index (κ2) is 6.92. The van der Waals surface area contributed by atoms with Gasteiger partial charge in [-0.25, -0.2) is 0 Å². The number of hydrogen-bond donors (Lipinski definition) is 2. The van der Waals surface area contributed by atoms with E-state index < -0.39 is 0 Å². The van der Waals surface area contributed by atoms with Gasteiger partial charge in [0.15, 0.2) is 0 Å². The summed E-state index contributed by atoms with van der Waals surface area (Å²) in [6, 6.07) is 5.48. The lowest BCUT2D eigenvalue weighted by Gasteiger charge is -2.02. The third-order valence-electron chi connectivity index (χ3n) is 1.41. The average molecular weight is 246 g/mol. The number of aromatic hydroxyl groups is 1. The summed E-state index contributed by atoms with van der Waals surface area (Å²) in [6.07, 6.45) is 0. The van der Waals surface area contributed by atoms with Gasteiger partial charge in [-0.05, 0) is 19.2 Å². The zero-order chi connectivity index (χ0) is 10.3. The molecule has 0 saturated heterocycles. The van der Waals surface area contributed by atoms with Gasteiger partial charge >= 0.3 is 0 Å². The molecule has 0 amide bonds. The van der Waals surface area contributed by atoms with Crippen LogP contribution in [-0.4, -0.2) is 12.2 Å². The molecular formula is C10H16BrNO. The highest BCUT2D eigenvalue weighted by molar-refractivity contribution is 9.10. The zero-order valence-electron chi connectivity index (χ0n) is 8.26. The fourth-order valence-electron chi connectivity index (χ4n) is 0.877. The van der Waals surface area contributed by atoms with Gasteiger partial charge in [0.25, 0.3) is 0 Å². The van der Waals surface area contributed by atoms with Gasteiger partial charge in [0.1, 0.15) is 5.75 Å². The minimum absolute atomic E-state index is 0.328. The monoisotopic (exact) mass is 245 g/mol. The van der Waals surface area contributed by atoms with Gasteiger partial charge in [-0.1, -0.05) is 35.8 Å². The largest absolute Gasteiger partial charge is 0.508 e. The minimum atomic E-state index is 0.328. The first kappa shape index (κ1) is 12.5. The molecule has 2 N–H and O–H groups in total. The molecule has 0 saturated carbocycles. The average Bonchev–Trinajstić information content (AvgIpc) is 2.14. The molecule has 1 rings (SSSR count).